The fraction of sp³-hybridized carbons (Fsp3) is 0.750. The highest BCUT2D eigenvalue weighted by molar-refractivity contribution is 5.20. The van der Waals surface area contributed by atoms with E-state index >= 15 is 0 Å². The van der Waals surface area contributed by atoms with E-state index in [1.54, 1.807) is 4.68 Å². The van der Waals surface area contributed by atoms with E-state index in [9.17, 15) is 9.90 Å². The maximum Gasteiger partial charge on any atom is 0.270 e. The number of hydrogen-bond donors (Lipinski definition) is 2. The summed E-state index contributed by atoms with van der Waals surface area (Å²) in [4.78, 5) is 12.2. The first-order chi connectivity index (χ1) is 7.52. The molecule has 1 aromatic rings. The van der Waals surface area contributed by atoms with Gasteiger partial charge in [0.15, 0.2) is 0 Å². The van der Waals surface area contributed by atoms with Crippen LogP contribution in [-0.4, -0.2) is 21.0 Å². The van der Waals surface area contributed by atoms with Gasteiger partial charge in [0.1, 0.15) is 0 Å². The van der Waals surface area contributed by atoms with Crippen molar-refractivity contribution >= 4 is 0 Å². The lowest BCUT2D eigenvalue weighted by Crippen LogP contribution is -2.29. The molecule has 1 aliphatic rings. The first-order valence-electron chi connectivity index (χ1n) is 6.01. The predicted molar refractivity (Wildman–Crippen MR) is 62.8 cm³/mol. The zero-order valence-corrected chi connectivity index (χ0v) is 10.2. The topological polar surface area (TPSA) is 58.0 Å². The second kappa shape index (κ2) is 4.09. The fourth-order valence-electron chi connectivity index (χ4n) is 2.72. The van der Waals surface area contributed by atoms with Gasteiger partial charge in [0.2, 0.25) is 0 Å². The number of aromatic nitrogens is 2. The van der Waals surface area contributed by atoms with Gasteiger partial charge < -0.3 is 5.11 Å². The maximum atomic E-state index is 12.2. The van der Waals surface area contributed by atoms with Crippen molar-refractivity contribution in [2.75, 3.05) is 0 Å². The summed E-state index contributed by atoms with van der Waals surface area (Å²) >= 11 is 0. The second-order valence-electron chi connectivity index (χ2n) is 5.05. The fourth-order valence-corrected chi connectivity index (χ4v) is 2.72. The van der Waals surface area contributed by atoms with Crippen LogP contribution >= 0.6 is 0 Å². The highest BCUT2D eigenvalue weighted by atomic mass is 16.3. The third-order valence-electron chi connectivity index (χ3n) is 3.49. The number of nitrogens with one attached hydrogen (secondary N) is 1. The molecular formula is C12H20N2O2. The number of aliphatic hydroxyl groups is 1. The van der Waals surface area contributed by atoms with E-state index in [2.05, 4.69) is 5.10 Å². The van der Waals surface area contributed by atoms with Crippen LogP contribution in [0.3, 0.4) is 0 Å². The Morgan fingerprint density at radius 1 is 1.44 bits per heavy atom. The normalized spacial score (nSPS) is 25.6. The standard InChI is InChI=1S/C12H20N2O2/c1-7(2)11-8(3)13-14(12(11)16)9-5-4-6-10(9)15/h7,9-10,13,15H,4-6H2,1-3H3. The number of aromatic amines is 1. The van der Waals surface area contributed by atoms with Gasteiger partial charge in [-0.3, -0.25) is 9.89 Å². The molecule has 16 heavy (non-hydrogen) atoms. The van der Waals surface area contributed by atoms with Crippen molar-refractivity contribution in [3.05, 3.63) is 21.6 Å². The van der Waals surface area contributed by atoms with Gasteiger partial charge in [-0.1, -0.05) is 13.8 Å². The third-order valence-corrected chi connectivity index (χ3v) is 3.49. The molecule has 90 valence electrons. The Morgan fingerprint density at radius 2 is 2.12 bits per heavy atom. The molecule has 2 N–H and O–H groups in total. The van der Waals surface area contributed by atoms with Crippen molar-refractivity contribution in [2.45, 2.75) is 58.1 Å². The van der Waals surface area contributed by atoms with Gasteiger partial charge in [0.05, 0.1) is 12.1 Å². The molecule has 0 aliphatic heterocycles. The Bertz CT molecular complexity index is 431. The van der Waals surface area contributed by atoms with Gasteiger partial charge in [0.25, 0.3) is 5.56 Å². The average molecular weight is 224 g/mol. The summed E-state index contributed by atoms with van der Waals surface area (Å²) in [7, 11) is 0. The molecule has 0 spiro atoms. The molecule has 0 amide bonds. The lowest BCUT2D eigenvalue weighted by Gasteiger charge is -2.14. The smallest absolute Gasteiger partial charge is 0.270 e. The number of H-pyrrole nitrogens is 1. The lowest BCUT2D eigenvalue weighted by atomic mass is 10.0. The van der Waals surface area contributed by atoms with Crippen LogP contribution in [0.2, 0.25) is 0 Å². The van der Waals surface area contributed by atoms with Gasteiger partial charge >= 0.3 is 0 Å². The average Bonchev–Trinajstić information content (AvgIpc) is 2.70. The van der Waals surface area contributed by atoms with E-state index in [0.717, 1.165) is 30.5 Å². The van der Waals surface area contributed by atoms with E-state index in [1.807, 2.05) is 20.8 Å². The highest BCUT2D eigenvalue weighted by Crippen LogP contribution is 2.29. The Labute approximate surface area is 95.3 Å². The highest BCUT2D eigenvalue weighted by Gasteiger charge is 2.29. The van der Waals surface area contributed by atoms with Gasteiger partial charge in [0, 0.05) is 11.3 Å². The SMILES string of the molecule is Cc1[nH]n(C2CCCC2O)c(=O)c1C(C)C. The molecule has 0 saturated heterocycles. The van der Waals surface area contributed by atoms with E-state index in [0.29, 0.717) is 0 Å². The summed E-state index contributed by atoms with van der Waals surface area (Å²) < 4.78 is 1.63. The number of aliphatic hydroxyl groups excluding tert-OH is 1. The second-order valence-corrected chi connectivity index (χ2v) is 5.05. The molecule has 1 aliphatic carbocycles. The van der Waals surface area contributed by atoms with Gasteiger partial charge in [-0.05, 0) is 32.1 Å². The predicted octanol–water partition coefficient (Wildman–Crippen LogP) is 1.69. The number of rotatable bonds is 2. The molecule has 2 atom stereocenters. The van der Waals surface area contributed by atoms with E-state index in [1.165, 1.54) is 0 Å². The van der Waals surface area contributed by atoms with Crippen LogP contribution < -0.4 is 5.56 Å². The number of hydrogen-bond acceptors (Lipinski definition) is 2. The van der Waals surface area contributed by atoms with Crippen molar-refractivity contribution in [2.24, 2.45) is 0 Å². The Kier molecular flexibility index (Phi) is 2.93. The number of nitrogens with zero attached hydrogens (tertiary/aromatic N) is 1. The minimum absolute atomic E-state index is 0.0402. The Balaban J connectivity index is 2.43. The van der Waals surface area contributed by atoms with Crippen LogP contribution in [0, 0.1) is 6.92 Å². The van der Waals surface area contributed by atoms with E-state index in [-0.39, 0.29) is 23.6 Å². The van der Waals surface area contributed by atoms with Crippen molar-refractivity contribution in [1.29, 1.82) is 0 Å². The summed E-state index contributed by atoms with van der Waals surface area (Å²) in [6.07, 6.45) is 2.30. The molecule has 0 bridgehead atoms. The molecule has 4 nitrogen and oxygen atoms in total. The number of aryl methyl sites for hydroxylation is 1. The summed E-state index contributed by atoms with van der Waals surface area (Å²) in [6, 6.07) is -0.0568. The summed E-state index contributed by atoms with van der Waals surface area (Å²) in [5, 5.41) is 12.9. The van der Waals surface area contributed by atoms with Crippen LogP contribution in [0.25, 0.3) is 0 Å². The van der Waals surface area contributed by atoms with E-state index < -0.39 is 0 Å². The zero-order chi connectivity index (χ0) is 11.9. The molecular weight excluding hydrogens is 204 g/mol. The van der Waals surface area contributed by atoms with Gasteiger partial charge in [-0.15, -0.1) is 0 Å². The van der Waals surface area contributed by atoms with Crippen LogP contribution in [0.1, 0.15) is 56.3 Å². The summed E-state index contributed by atoms with van der Waals surface area (Å²) in [5.74, 6) is 0.226. The quantitative estimate of drug-likeness (QED) is 0.803. The van der Waals surface area contributed by atoms with Crippen LogP contribution in [0.15, 0.2) is 4.79 Å². The monoisotopic (exact) mass is 224 g/mol. The Hall–Kier alpha value is -1.03. The molecule has 1 saturated carbocycles. The van der Waals surface area contributed by atoms with Crippen molar-refractivity contribution < 1.29 is 5.11 Å². The first-order valence-corrected chi connectivity index (χ1v) is 6.01. The van der Waals surface area contributed by atoms with Crippen molar-refractivity contribution in [1.82, 2.24) is 9.78 Å². The largest absolute Gasteiger partial charge is 0.391 e. The van der Waals surface area contributed by atoms with E-state index in [4.69, 9.17) is 0 Å². The molecule has 2 unspecified atom stereocenters. The third kappa shape index (κ3) is 1.71. The molecule has 0 aromatic carbocycles. The molecule has 4 heteroatoms. The Morgan fingerprint density at radius 3 is 2.56 bits per heavy atom. The molecule has 1 heterocycles. The van der Waals surface area contributed by atoms with Crippen LogP contribution in [0.5, 0.6) is 0 Å². The minimum Gasteiger partial charge on any atom is -0.391 e. The molecule has 2 rings (SSSR count). The molecule has 1 fully saturated rings. The maximum absolute atomic E-state index is 12.2. The van der Waals surface area contributed by atoms with Crippen LogP contribution in [-0.2, 0) is 0 Å². The van der Waals surface area contributed by atoms with Gasteiger partial charge in [-0.25, -0.2) is 4.68 Å². The minimum atomic E-state index is -0.379. The summed E-state index contributed by atoms with van der Waals surface area (Å²) in [5.41, 5.74) is 1.82. The lowest BCUT2D eigenvalue weighted by molar-refractivity contribution is 0.128. The van der Waals surface area contributed by atoms with Crippen LogP contribution in [0.4, 0.5) is 0 Å². The van der Waals surface area contributed by atoms with Crippen molar-refractivity contribution in [3.63, 3.8) is 0 Å². The summed E-state index contributed by atoms with van der Waals surface area (Å²) in [6.45, 7) is 5.97. The molecule has 1 aromatic heterocycles. The molecule has 0 radical (unpaired) electrons. The van der Waals surface area contributed by atoms with Gasteiger partial charge in [-0.2, -0.15) is 0 Å². The van der Waals surface area contributed by atoms with Crippen molar-refractivity contribution in [3.8, 4) is 0 Å². The first kappa shape index (κ1) is 11.5. The zero-order valence-electron chi connectivity index (χ0n) is 10.2.